The van der Waals surface area contributed by atoms with Gasteiger partial charge in [0.2, 0.25) is 0 Å². The third-order valence-corrected chi connectivity index (χ3v) is 3.47. The zero-order valence-corrected chi connectivity index (χ0v) is 11.9. The van der Waals surface area contributed by atoms with E-state index in [0.717, 1.165) is 5.56 Å². The Morgan fingerprint density at radius 1 is 1.25 bits per heavy atom. The maximum absolute atomic E-state index is 13.8. The van der Waals surface area contributed by atoms with Crippen LogP contribution in [0.2, 0.25) is 5.02 Å². The maximum Gasteiger partial charge on any atom is 0.146 e. The summed E-state index contributed by atoms with van der Waals surface area (Å²) in [5.74, 6) is -0.251. The Bertz CT molecular complexity index is 649. The number of hydrogen-bond acceptors (Lipinski definition) is 2. The summed E-state index contributed by atoms with van der Waals surface area (Å²) in [7, 11) is 0. The Labute approximate surface area is 123 Å². The molecule has 0 unspecified atom stereocenters. The molecule has 2 aromatic carbocycles. The normalized spacial score (nSPS) is 10.1. The fourth-order valence-electron chi connectivity index (χ4n) is 2.03. The second-order valence-electron chi connectivity index (χ2n) is 4.38. The largest absolute Gasteiger partial charge is 0.365 e. The predicted molar refractivity (Wildman–Crippen MR) is 79.3 cm³/mol. The van der Waals surface area contributed by atoms with E-state index >= 15 is 0 Å². The molecule has 4 heteroatoms. The molecular weight excluding hydrogens is 275 g/mol. The molecule has 0 atom stereocenters. The summed E-state index contributed by atoms with van der Waals surface area (Å²) < 4.78 is 13.8. The molecule has 0 radical (unpaired) electrons. The first-order valence-electron chi connectivity index (χ1n) is 6.33. The second-order valence-corrected chi connectivity index (χ2v) is 4.79. The molecule has 0 saturated heterocycles. The van der Waals surface area contributed by atoms with Crippen LogP contribution in [-0.2, 0) is 6.54 Å². The topological polar surface area (TPSA) is 27.0 Å². The molecule has 2 rings (SSSR count). The summed E-state index contributed by atoms with van der Waals surface area (Å²) in [6.45, 7) is 3.13. The molecule has 0 fully saturated rings. The average molecular weight is 289 g/mol. The highest BCUT2D eigenvalue weighted by Crippen LogP contribution is 2.24. The van der Waals surface area contributed by atoms with Gasteiger partial charge < -0.3 is 4.90 Å². The van der Waals surface area contributed by atoms with E-state index in [9.17, 15) is 4.39 Å². The van der Waals surface area contributed by atoms with Crippen molar-refractivity contribution < 1.29 is 4.39 Å². The van der Waals surface area contributed by atoms with E-state index in [4.69, 9.17) is 16.9 Å². The molecule has 102 valence electrons. The van der Waals surface area contributed by atoms with Crippen molar-refractivity contribution in [2.24, 2.45) is 0 Å². The van der Waals surface area contributed by atoms with Crippen LogP contribution in [-0.4, -0.2) is 6.54 Å². The lowest BCUT2D eigenvalue weighted by Gasteiger charge is -2.24. The Morgan fingerprint density at radius 2 is 2.00 bits per heavy atom. The number of benzene rings is 2. The van der Waals surface area contributed by atoms with Crippen molar-refractivity contribution in [1.29, 1.82) is 5.26 Å². The van der Waals surface area contributed by atoms with Crippen molar-refractivity contribution in [1.82, 2.24) is 0 Å². The first-order chi connectivity index (χ1) is 9.65. The SMILES string of the molecule is CCN(Cc1ccc(C#N)cc1Cl)c1ccccc1F. The molecule has 0 aromatic heterocycles. The summed E-state index contributed by atoms with van der Waals surface area (Å²) in [5, 5.41) is 9.35. The maximum atomic E-state index is 13.8. The Kier molecular flexibility index (Phi) is 4.60. The molecule has 20 heavy (non-hydrogen) atoms. The molecule has 0 aliphatic heterocycles. The molecule has 0 spiro atoms. The third kappa shape index (κ3) is 3.09. The number of nitriles is 1. The van der Waals surface area contributed by atoms with Gasteiger partial charge in [-0.15, -0.1) is 0 Å². The van der Waals surface area contributed by atoms with E-state index in [2.05, 4.69) is 0 Å². The van der Waals surface area contributed by atoms with Crippen LogP contribution in [0.15, 0.2) is 42.5 Å². The van der Waals surface area contributed by atoms with Crippen molar-refractivity contribution in [3.63, 3.8) is 0 Å². The second kappa shape index (κ2) is 6.40. The van der Waals surface area contributed by atoms with Gasteiger partial charge in [-0.1, -0.05) is 29.8 Å². The van der Waals surface area contributed by atoms with Crippen LogP contribution in [0.1, 0.15) is 18.1 Å². The first kappa shape index (κ1) is 14.4. The predicted octanol–water partition coefficient (Wildman–Crippen LogP) is 4.38. The minimum Gasteiger partial charge on any atom is -0.365 e. The summed E-state index contributed by atoms with van der Waals surface area (Å²) in [6, 6.07) is 13.9. The van der Waals surface area contributed by atoms with E-state index in [-0.39, 0.29) is 5.82 Å². The van der Waals surface area contributed by atoms with Crippen LogP contribution in [0.25, 0.3) is 0 Å². The number of hydrogen-bond donors (Lipinski definition) is 0. The fourth-order valence-corrected chi connectivity index (χ4v) is 2.27. The van der Waals surface area contributed by atoms with Gasteiger partial charge in [-0.2, -0.15) is 5.26 Å². The fraction of sp³-hybridized carbons (Fsp3) is 0.188. The number of rotatable bonds is 4. The van der Waals surface area contributed by atoms with E-state index in [0.29, 0.717) is 29.4 Å². The van der Waals surface area contributed by atoms with Crippen molar-refractivity contribution >= 4 is 17.3 Å². The molecule has 0 heterocycles. The average Bonchev–Trinajstić information content (AvgIpc) is 2.47. The lowest BCUT2D eigenvalue weighted by atomic mass is 10.1. The molecule has 0 N–H and O–H groups in total. The Balaban J connectivity index is 2.28. The van der Waals surface area contributed by atoms with Crippen molar-refractivity contribution in [3.05, 3.63) is 64.4 Å². The summed E-state index contributed by atoms with van der Waals surface area (Å²) >= 11 is 6.16. The zero-order valence-electron chi connectivity index (χ0n) is 11.1. The van der Waals surface area contributed by atoms with Gasteiger partial charge in [0, 0.05) is 18.1 Å². The molecule has 0 amide bonds. The molecule has 2 nitrogen and oxygen atoms in total. The summed E-state index contributed by atoms with van der Waals surface area (Å²) in [6.07, 6.45) is 0. The van der Waals surface area contributed by atoms with E-state index in [1.807, 2.05) is 30.0 Å². The van der Waals surface area contributed by atoms with Crippen LogP contribution in [0.4, 0.5) is 10.1 Å². The van der Waals surface area contributed by atoms with Crippen molar-refractivity contribution in [3.8, 4) is 6.07 Å². The molecule has 2 aromatic rings. The minimum absolute atomic E-state index is 0.251. The van der Waals surface area contributed by atoms with E-state index in [1.54, 1.807) is 24.3 Å². The van der Waals surface area contributed by atoms with Crippen LogP contribution in [0, 0.1) is 17.1 Å². The van der Waals surface area contributed by atoms with Crippen LogP contribution in [0.5, 0.6) is 0 Å². The first-order valence-corrected chi connectivity index (χ1v) is 6.71. The van der Waals surface area contributed by atoms with Gasteiger partial charge in [0.15, 0.2) is 0 Å². The number of halogens is 2. The van der Waals surface area contributed by atoms with Gasteiger partial charge in [0.1, 0.15) is 5.82 Å². The van der Waals surface area contributed by atoms with Gasteiger partial charge in [-0.25, -0.2) is 4.39 Å². The number of anilines is 1. The molecule has 0 bridgehead atoms. The number of para-hydroxylation sites is 1. The Morgan fingerprint density at radius 3 is 2.60 bits per heavy atom. The molecule has 0 aliphatic carbocycles. The van der Waals surface area contributed by atoms with Gasteiger partial charge in [0.25, 0.3) is 0 Å². The van der Waals surface area contributed by atoms with Gasteiger partial charge in [-0.05, 0) is 36.8 Å². The highest BCUT2D eigenvalue weighted by molar-refractivity contribution is 6.31. The standard InChI is InChI=1S/C16H14ClFN2/c1-2-20(16-6-4-3-5-15(16)18)11-13-8-7-12(10-19)9-14(13)17/h3-9H,2,11H2,1H3. The van der Waals surface area contributed by atoms with Crippen molar-refractivity contribution in [2.75, 3.05) is 11.4 Å². The summed E-state index contributed by atoms with van der Waals surface area (Å²) in [4.78, 5) is 1.91. The van der Waals surface area contributed by atoms with Crippen molar-refractivity contribution in [2.45, 2.75) is 13.5 Å². The van der Waals surface area contributed by atoms with E-state index < -0.39 is 0 Å². The lowest BCUT2D eigenvalue weighted by molar-refractivity contribution is 0.618. The highest BCUT2D eigenvalue weighted by Gasteiger charge is 2.12. The van der Waals surface area contributed by atoms with Crippen LogP contribution >= 0.6 is 11.6 Å². The quantitative estimate of drug-likeness (QED) is 0.835. The van der Waals surface area contributed by atoms with E-state index in [1.165, 1.54) is 6.07 Å². The smallest absolute Gasteiger partial charge is 0.146 e. The monoisotopic (exact) mass is 288 g/mol. The third-order valence-electron chi connectivity index (χ3n) is 3.12. The lowest BCUT2D eigenvalue weighted by Crippen LogP contribution is -2.23. The van der Waals surface area contributed by atoms with Crippen LogP contribution in [0.3, 0.4) is 0 Å². The van der Waals surface area contributed by atoms with Gasteiger partial charge in [0.05, 0.1) is 17.3 Å². The molecule has 0 saturated carbocycles. The van der Waals surface area contributed by atoms with Gasteiger partial charge in [-0.3, -0.25) is 0 Å². The molecular formula is C16H14ClFN2. The number of nitrogens with zero attached hydrogens (tertiary/aromatic N) is 2. The summed E-state index contributed by atoms with van der Waals surface area (Å²) in [5.41, 5.74) is 1.94. The van der Waals surface area contributed by atoms with Crippen LogP contribution < -0.4 is 4.90 Å². The Hall–Kier alpha value is -2.05. The zero-order chi connectivity index (χ0) is 14.5. The van der Waals surface area contributed by atoms with Gasteiger partial charge >= 0.3 is 0 Å². The highest BCUT2D eigenvalue weighted by atomic mass is 35.5. The molecule has 0 aliphatic rings. The minimum atomic E-state index is -0.251.